The lowest BCUT2D eigenvalue weighted by molar-refractivity contribution is -0.120. The van der Waals surface area contributed by atoms with Gasteiger partial charge in [0.05, 0.1) is 5.92 Å². The quantitative estimate of drug-likeness (QED) is 0.893. The van der Waals surface area contributed by atoms with E-state index in [-0.39, 0.29) is 17.7 Å². The fourth-order valence-corrected chi connectivity index (χ4v) is 3.11. The van der Waals surface area contributed by atoms with Gasteiger partial charge in [0, 0.05) is 22.5 Å². The third-order valence-corrected chi connectivity index (χ3v) is 4.32. The number of carbonyl (C=O) groups is 1. The number of rotatable bonds is 2. The molecular weight excluding hydrogens is 293 g/mol. The van der Waals surface area contributed by atoms with Gasteiger partial charge in [0.2, 0.25) is 5.91 Å². The number of hydrogen-bond donors (Lipinski definition) is 1. The molecule has 1 heterocycles. The van der Waals surface area contributed by atoms with Gasteiger partial charge in [0.1, 0.15) is 0 Å². The molecule has 0 saturated carbocycles. The van der Waals surface area contributed by atoms with E-state index in [9.17, 15) is 4.79 Å². The molecule has 2 atom stereocenters. The topological polar surface area (TPSA) is 29.1 Å². The van der Waals surface area contributed by atoms with Gasteiger partial charge in [-0.1, -0.05) is 53.5 Å². The van der Waals surface area contributed by atoms with Crippen LogP contribution >= 0.6 is 23.2 Å². The Morgan fingerprint density at radius 1 is 1.00 bits per heavy atom. The second-order valence-corrected chi connectivity index (χ2v) is 5.75. The van der Waals surface area contributed by atoms with E-state index in [0.717, 1.165) is 11.1 Å². The standard InChI is InChI=1S/C16H13Cl2NO/c17-11-7-5-10(6-8-11)13-9-19-16(20)15(13)12-3-1-2-4-14(12)18/h1-8,13,15H,9H2,(H,19,20). The van der Waals surface area contributed by atoms with Gasteiger partial charge in [-0.15, -0.1) is 0 Å². The molecule has 2 unspecified atom stereocenters. The Labute approximate surface area is 127 Å². The van der Waals surface area contributed by atoms with E-state index in [1.54, 1.807) is 0 Å². The fraction of sp³-hybridized carbons (Fsp3) is 0.188. The Morgan fingerprint density at radius 2 is 1.70 bits per heavy atom. The molecule has 1 aliphatic rings. The Hall–Kier alpha value is -1.51. The van der Waals surface area contributed by atoms with Crippen molar-refractivity contribution in [2.75, 3.05) is 6.54 Å². The van der Waals surface area contributed by atoms with E-state index in [0.29, 0.717) is 16.6 Å². The number of carbonyl (C=O) groups excluding carboxylic acids is 1. The van der Waals surface area contributed by atoms with Crippen molar-refractivity contribution in [1.82, 2.24) is 5.32 Å². The summed E-state index contributed by atoms with van der Waals surface area (Å²) in [7, 11) is 0. The molecule has 2 aromatic rings. The molecule has 0 radical (unpaired) electrons. The molecule has 1 saturated heterocycles. The Bertz CT molecular complexity index is 639. The van der Waals surface area contributed by atoms with Gasteiger partial charge < -0.3 is 5.32 Å². The zero-order chi connectivity index (χ0) is 14.1. The summed E-state index contributed by atoms with van der Waals surface area (Å²) in [6.45, 7) is 0.621. The highest BCUT2D eigenvalue weighted by Crippen LogP contribution is 2.39. The van der Waals surface area contributed by atoms with Crippen LogP contribution in [0.25, 0.3) is 0 Å². The highest BCUT2D eigenvalue weighted by atomic mass is 35.5. The molecule has 2 nitrogen and oxygen atoms in total. The third kappa shape index (κ3) is 2.41. The fourth-order valence-electron chi connectivity index (χ4n) is 2.73. The molecular formula is C16H13Cl2NO. The number of benzene rings is 2. The van der Waals surface area contributed by atoms with E-state index < -0.39 is 0 Å². The largest absolute Gasteiger partial charge is 0.355 e. The lowest BCUT2D eigenvalue weighted by Gasteiger charge is -2.18. The van der Waals surface area contributed by atoms with Crippen LogP contribution in [-0.2, 0) is 4.79 Å². The third-order valence-electron chi connectivity index (χ3n) is 3.72. The van der Waals surface area contributed by atoms with Crippen molar-refractivity contribution in [2.45, 2.75) is 11.8 Å². The van der Waals surface area contributed by atoms with Crippen LogP contribution in [0.5, 0.6) is 0 Å². The molecule has 2 aromatic carbocycles. The SMILES string of the molecule is O=C1NCC(c2ccc(Cl)cc2)C1c1ccccc1Cl. The van der Waals surface area contributed by atoms with Gasteiger partial charge >= 0.3 is 0 Å². The molecule has 0 aromatic heterocycles. The number of amides is 1. The Kier molecular flexibility index (Phi) is 3.68. The van der Waals surface area contributed by atoms with E-state index in [2.05, 4.69) is 5.32 Å². The molecule has 1 fully saturated rings. The summed E-state index contributed by atoms with van der Waals surface area (Å²) in [5.74, 6) is -0.136. The molecule has 1 amide bonds. The summed E-state index contributed by atoms with van der Waals surface area (Å²) < 4.78 is 0. The number of nitrogens with one attached hydrogen (secondary N) is 1. The minimum Gasteiger partial charge on any atom is -0.355 e. The molecule has 0 spiro atoms. The maximum atomic E-state index is 12.2. The molecule has 4 heteroatoms. The summed E-state index contributed by atoms with van der Waals surface area (Å²) in [5, 5.41) is 4.26. The van der Waals surface area contributed by atoms with Crippen molar-refractivity contribution >= 4 is 29.1 Å². The molecule has 102 valence electrons. The normalized spacial score (nSPS) is 21.8. The lowest BCUT2D eigenvalue weighted by atomic mass is 9.84. The van der Waals surface area contributed by atoms with Gasteiger partial charge in [-0.25, -0.2) is 0 Å². The highest BCUT2D eigenvalue weighted by molar-refractivity contribution is 6.31. The van der Waals surface area contributed by atoms with Crippen LogP contribution < -0.4 is 5.32 Å². The average molecular weight is 306 g/mol. The van der Waals surface area contributed by atoms with Gasteiger partial charge in [0.25, 0.3) is 0 Å². The zero-order valence-corrected chi connectivity index (χ0v) is 12.2. The summed E-state index contributed by atoms with van der Waals surface area (Å²) in [4.78, 5) is 12.2. The maximum absolute atomic E-state index is 12.2. The summed E-state index contributed by atoms with van der Waals surface area (Å²) in [6, 6.07) is 15.2. The zero-order valence-electron chi connectivity index (χ0n) is 10.6. The first-order chi connectivity index (χ1) is 9.66. The molecule has 0 bridgehead atoms. The monoisotopic (exact) mass is 305 g/mol. The Morgan fingerprint density at radius 3 is 2.40 bits per heavy atom. The predicted octanol–water partition coefficient (Wildman–Crippen LogP) is 3.99. The van der Waals surface area contributed by atoms with E-state index >= 15 is 0 Å². The van der Waals surface area contributed by atoms with Crippen LogP contribution in [0.1, 0.15) is 23.0 Å². The number of hydrogen-bond acceptors (Lipinski definition) is 1. The van der Waals surface area contributed by atoms with E-state index in [1.165, 1.54) is 0 Å². The van der Waals surface area contributed by atoms with E-state index in [4.69, 9.17) is 23.2 Å². The van der Waals surface area contributed by atoms with Gasteiger partial charge in [-0.05, 0) is 29.3 Å². The second-order valence-electron chi connectivity index (χ2n) is 4.90. The highest BCUT2D eigenvalue weighted by Gasteiger charge is 2.37. The minimum absolute atomic E-state index is 0.0260. The summed E-state index contributed by atoms with van der Waals surface area (Å²) >= 11 is 12.2. The summed E-state index contributed by atoms with van der Waals surface area (Å²) in [6.07, 6.45) is 0. The average Bonchev–Trinajstić information content (AvgIpc) is 2.82. The first-order valence-corrected chi connectivity index (χ1v) is 7.20. The first kappa shape index (κ1) is 13.5. The maximum Gasteiger partial charge on any atom is 0.228 e. The van der Waals surface area contributed by atoms with Crippen LogP contribution in [0.4, 0.5) is 0 Å². The number of halogens is 2. The second kappa shape index (κ2) is 5.47. The van der Waals surface area contributed by atoms with Crippen LogP contribution in [-0.4, -0.2) is 12.5 Å². The summed E-state index contributed by atoms with van der Waals surface area (Å²) in [5.41, 5.74) is 1.97. The van der Waals surface area contributed by atoms with Crippen LogP contribution in [0.2, 0.25) is 10.0 Å². The van der Waals surface area contributed by atoms with E-state index in [1.807, 2.05) is 48.5 Å². The van der Waals surface area contributed by atoms with Crippen molar-refractivity contribution in [2.24, 2.45) is 0 Å². The molecule has 3 rings (SSSR count). The van der Waals surface area contributed by atoms with Crippen LogP contribution in [0.3, 0.4) is 0 Å². The molecule has 1 N–H and O–H groups in total. The predicted molar refractivity (Wildman–Crippen MR) is 81.4 cm³/mol. The van der Waals surface area contributed by atoms with Crippen molar-refractivity contribution in [3.05, 3.63) is 69.7 Å². The van der Waals surface area contributed by atoms with Crippen molar-refractivity contribution in [1.29, 1.82) is 0 Å². The van der Waals surface area contributed by atoms with Crippen molar-refractivity contribution in [3.63, 3.8) is 0 Å². The first-order valence-electron chi connectivity index (χ1n) is 6.44. The van der Waals surface area contributed by atoms with Crippen LogP contribution in [0, 0.1) is 0 Å². The molecule has 1 aliphatic heterocycles. The Balaban J connectivity index is 2.01. The van der Waals surface area contributed by atoms with Crippen molar-refractivity contribution in [3.8, 4) is 0 Å². The van der Waals surface area contributed by atoms with Crippen molar-refractivity contribution < 1.29 is 4.79 Å². The lowest BCUT2D eigenvalue weighted by Crippen LogP contribution is -2.18. The van der Waals surface area contributed by atoms with Gasteiger partial charge in [0.15, 0.2) is 0 Å². The molecule has 0 aliphatic carbocycles. The minimum atomic E-state index is -0.245. The molecule has 20 heavy (non-hydrogen) atoms. The van der Waals surface area contributed by atoms with Crippen LogP contribution in [0.15, 0.2) is 48.5 Å². The van der Waals surface area contributed by atoms with Gasteiger partial charge in [-0.2, -0.15) is 0 Å². The smallest absolute Gasteiger partial charge is 0.228 e. The van der Waals surface area contributed by atoms with Gasteiger partial charge in [-0.3, -0.25) is 4.79 Å².